The van der Waals surface area contributed by atoms with Crippen molar-refractivity contribution in [2.24, 2.45) is 0 Å². The van der Waals surface area contributed by atoms with Gasteiger partial charge in [-0.15, -0.1) is 0 Å². The van der Waals surface area contributed by atoms with Crippen LogP contribution in [0.15, 0.2) is 73.4 Å². The van der Waals surface area contributed by atoms with E-state index in [0.717, 1.165) is 12.8 Å². The Morgan fingerprint density at radius 3 is 1.95 bits per heavy atom. The largest absolute Gasteiger partial charge is 0.290 e. The SMILES string of the molecule is C=CC(=O)C=CC=CC=CC=CC(=O)C=CCCCCCC. The van der Waals surface area contributed by atoms with E-state index in [0.29, 0.717) is 0 Å². The van der Waals surface area contributed by atoms with Gasteiger partial charge in [0.2, 0.25) is 0 Å². The number of unbranched alkanes of at least 4 members (excludes halogenated alkanes) is 4. The van der Waals surface area contributed by atoms with Gasteiger partial charge in [0, 0.05) is 0 Å². The van der Waals surface area contributed by atoms with E-state index in [9.17, 15) is 9.59 Å². The predicted octanol–water partition coefficient (Wildman–Crippen LogP) is 5.06. The molecule has 0 bridgehead atoms. The first-order valence-corrected chi connectivity index (χ1v) is 7.75. The Kier molecular flexibility index (Phi) is 13.6. The van der Waals surface area contributed by atoms with E-state index in [2.05, 4.69) is 13.5 Å². The van der Waals surface area contributed by atoms with Gasteiger partial charge in [-0.05, 0) is 37.1 Å². The van der Waals surface area contributed by atoms with Crippen LogP contribution in [0.3, 0.4) is 0 Å². The minimum Gasteiger partial charge on any atom is -0.290 e. The van der Waals surface area contributed by atoms with E-state index in [-0.39, 0.29) is 11.6 Å². The average molecular weight is 298 g/mol. The topological polar surface area (TPSA) is 34.1 Å². The zero-order valence-electron chi connectivity index (χ0n) is 13.4. The summed E-state index contributed by atoms with van der Waals surface area (Å²) in [6, 6.07) is 0. The van der Waals surface area contributed by atoms with Crippen molar-refractivity contribution in [1.82, 2.24) is 0 Å². The molecular formula is C20H26O2. The number of allylic oxidation sites excluding steroid dienone is 11. The van der Waals surface area contributed by atoms with Crippen molar-refractivity contribution >= 4 is 11.6 Å². The predicted molar refractivity (Wildman–Crippen MR) is 94.7 cm³/mol. The Labute approximate surface area is 134 Å². The molecule has 0 aliphatic heterocycles. The second-order valence-corrected chi connectivity index (χ2v) is 4.75. The Bertz CT molecular complexity index is 474. The number of ketones is 2. The first-order valence-electron chi connectivity index (χ1n) is 7.75. The van der Waals surface area contributed by atoms with Crippen molar-refractivity contribution in [3.05, 3.63) is 73.4 Å². The maximum Gasteiger partial charge on any atom is 0.178 e. The summed E-state index contributed by atoms with van der Waals surface area (Å²) in [7, 11) is 0. The van der Waals surface area contributed by atoms with Gasteiger partial charge in [0.1, 0.15) is 0 Å². The molecule has 0 saturated heterocycles. The zero-order valence-corrected chi connectivity index (χ0v) is 13.4. The third kappa shape index (κ3) is 14.2. The van der Waals surface area contributed by atoms with Gasteiger partial charge in [0.15, 0.2) is 11.6 Å². The van der Waals surface area contributed by atoms with E-state index in [1.165, 1.54) is 37.5 Å². The van der Waals surface area contributed by atoms with Crippen molar-refractivity contribution in [3.63, 3.8) is 0 Å². The van der Waals surface area contributed by atoms with Crippen LogP contribution < -0.4 is 0 Å². The number of carbonyl (C=O) groups is 2. The normalized spacial score (nSPS) is 12.4. The minimum absolute atomic E-state index is 0.000552. The molecule has 0 aromatic rings. The summed E-state index contributed by atoms with van der Waals surface area (Å²) in [6.45, 7) is 5.56. The van der Waals surface area contributed by atoms with Crippen LogP contribution in [0.5, 0.6) is 0 Å². The second-order valence-electron chi connectivity index (χ2n) is 4.75. The van der Waals surface area contributed by atoms with Crippen LogP contribution in [0.4, 0.5) is 0 Å². The quantitative estimate of drug-likeness (QED) is 0.286. The van der Waals surface area contributed by atoms with E-state index < -0.39 is 0 Å². The molecule has 0 saturated carbocycles. The lowest BCUT2D eigenvalue weighted by molar-refractivity contribution is -0.111. The monoisotopic (exact) mass is 298 g/mol. The Balaban J connectivity index is 3.89. The lowest BCUT2D eigenvalue weighted by atomic mass is 10.1. The fourth-order valence-electron chi connectivity index (χ4n) is 1.57. The number of hydrogen-bond acceptors (Lipinski definition) is 2. The molecule has 0 atom stereocenters. The maximum atomic E-state index is 11.5. The summed E-state index contributed by atoms with van der Waals surface area (Å²) >= 11 is 0. The molecule has 0 spiro atoms. The standard InChI is InChI=1S/C20H26O2/c1-3-5-6-7-10-14-17-20(22)18-15-12-9-8-11-13-16-19(21)4-2/h4,8-9,11-18H,2-3,5-7,10H2,1H3. The molecule has 0 N–H and O–H groups in total. The van der Waals surface area contributed by atoms with Crippen LogP contribution >= 0.6 is 0 Å². The number of rotatable bonds is 12. The Morgan fingerprint density at radius 2 is 1.36 bits per heavy atom. The van der Waals surface area contributed by atoms with Crippen LogP contribution in [0, 0.1) is 0 Å². The molecule has 2 heteroatoms. The van der Waals surface area contributed by atoms with Gasteiger partial charge in [-0.3, -0.25) is 9.59 Å². The van der Waals surface area contributed by atoms with Crippen LogP contribution in [-0.4, -0.2) is 11.6 Å². The van der Waals surface area contributed by atoms with Gasteiger partial charge >= 0.3 is 0 Å². The molecule has 0 amide bonds. The number of hydrogen-bond donors (Lipinski definition) is 0. The van der Waals surface area contributed by atoms with Gasteiger partial charge in [-0.2, -0.15) is 0 Å². The molecule has 0 aliphatic carbocycles. The number of carbonyl (C=O) groups excluding carboxylic acids is 2. The van der Waals surface area contributed by atoms with Gasteiger partial charge in [-0.1, -0.05) is 75.3 Å². The molecule has 0 aliphatic rings. The Hall–Kier alpha value is -2.22. The molecule has 118 valence electrons. The van der Waals surface area contributed by atoms with Crippen LogP contribution in [0.25, 0.3) is 0 Å². The van der Waals surface area contributed by atoms with Crippen molar-refractivity contribution in [2.45, 2.75) is 39.0 Å². The van der Waals surface area contributed by atoms with Gasteiger partial charge < -0.3 is 0 Å². The fraction of sp³-hybridized carbons (Fsp3) is 0.300. The van der Waals surface area contributed by atoms with Crippen molar-refractivity contribution in [2.75, 3.05) is 0 Å². The molecule has 2 nitrogen and oxygen atoms in total. The smallest absolute Gasteiger partial charge is 0.178 e. The highest BCUT2D eigenvalue weighted by atomic mass is 16.1. The van der Waals surface area contributed by atoms with Gasteiger partial charge in [0.05, 0.1) is 0 Å². The maximum absolute atomic E-state index is 11.5. The highest BCUT2D eigenvalue weighted by Gasteiger charge is 1.88. The van der Waals surface area contributed by atoms with E-state index in [1.54, 1.807) is 42.5 Å². The van der Waals surface area contributed by atoms with Gasteiger partial charge in [0.25, 0.3) is 0 Å². The van der Waals surface area contributed by atoms with Gasteiger partial charge in [-0.25, -0.2) is 0 Å². The molecule has 0 heterocycles. The highest BCUT2D eigenvalue weighted by molar-refractivity contribution is 5.99. The lowest BCUT2D eigenvalue weighted by Gasteiger charge is -1.93. The molecular weight excluding hydrogens is 272 g/mol. The summed E-state index contributed by atoms with van der Waals surface area (Å²) in [5, 5.41) is 0. The van der Waals surface area contributed by atoms with Crippen molar-refractivity contribution in [3.8, 4) is 0 Å². The first kappa shape index (κ1) is 19.8. The van der Waals surface area contributed by atoms with Crippen molar-refractivity contribution < 1.29 is 9.59 Å². The molecule has 0 radical (unpaired) electrons. The minimum atomic E-state index is -0.124. The summed E-state index contributed by atoms with van der Waals surface area (Å²) in [5.74, 6) is -0.124. The average Bonchev–Trinajstić information content (AvgIpc) is 2.52. The van der Waals surface area contributed by atoms with Crippen LogP contribution in [0.1, 0.15) is 39.0 Å². The molecule has 0 fully saturated rings. The van der Waals surface area contributed by atoms with E-state index in [4.69, 9.17) is 0 Å². The van der Waals surface area contributed by atoms with E-state index in [1.807, 2.05) is 6.08 Å². The summed E-state index contributed by atoms with van der Waals surface area (Å²) in [4.78, 5) is 22.4. The highest BCUT2D eigenvalue weighted by Crippen LogP contribution is 2.02. The fourth-order valence-corrected chi connectivity index (χ4v) is 1.57. The molecule has 0 rings (SSSR count). The Morgan fingerprint density at radius 1 is 0.773 bits per heavy atom. The second kappa shape index (κ2) is 15.2. The molecule has 0 aromatic heterocycles. The summed E-state index contributed by atoms with van der Waals surface area (Å²) < 4.78 is 0. The zero-order chi connectivity index (χ0) is 16.5. The third-order valence-electron chi connectivity index (χ3n) is 2.78. The van der Waals surface area contributed by atoms with Crippen LogP contribution in [-0.2, 0) is 9.59 Å². The lowest BCUT2D eigenvalue weighted by Crippen LogP contribution is -1.84. The van der Waals surface area contributed by atoms with E-state index >= 15 is 0 Å². The first-order chi connectivity index (χ1) is 10.7. The van der Waals surface area contributed by atoms with Crippen LogP contribution in [0.2, 0.25) is 0 Å². The molecule has 22 heavy (non-hydrogen) atoms. The van der Waals surface area contributed by atoms with Crippen molar-refractivity contribution in [1.29, 1.82) is 0 Å². The molecule has 0 unspecified atom stereocenters. The molecule has 0 aromatic carbocycles. The third-order valence-corrected chi connectivity index (χ3v) is 2.78. The summed E-state index contributed by atoms with van der Waals surface area (Å²) in [6.07, 6.45) is 24.0. The summed E-state index contributed by atoms with van der Waals surface area (Å²) in [5.41, 5.74) is 0.